The van der Waals surface area contributed by atoms with Crippen molar-refractivity contribution in [3.8, 4) is 5.75 Å². The molecule has 0 N–H and O–H groups in total. The van der Waals surface area contributed by atoms with Crippen LogP contribution >= 0.6 is 0 Å². The molecule has 2 heterocycles. The summed E-state index contributed by atoms with van der Waals surface area (Å²) in [5.74, 6) is 1.77. The van der Waals surface area contributed by atoms with Crippen molar-refractivity contribution in [3.05, 3.63) is 48.0 Å². The fraction of sp³-hybridized carbons (Fsp3) is 0.600. The number of piperidine rings is 1. The van der Waals surface area contributed by atoms with Gasteiger partial charge in [-0.2, -0.15) is 0 Å². The minimum absolute atomic E-state index is 0.206. The molecule has 4 rings (SSSR count). The van der Waals surface area contributed by atoms with E-state index in [4.69, 9.17) is 0 Å². The third-order valence-corrected chi connectivity index (χ3v) is 6.95. The molecule has 3 atom stereocenters. The molecule has 1 amide bonds. The van der Waals surface area contributed by atoms with Crippen LogP contribution in [-0.2, 0) is 13.6 Å². The predicted molar refractivity (Wildman–Crippen MR) is 122 cm³/mol. The number of nitrogens with zero attached hydrogens (tertiary/aromatic N) is 4. The number of likely N-dealkylation sites (tertiary alicyclic amines) is 1. The first-order valence-electron chi connectivity index (χ1n) is 12.0. The molecule has 2 aromatic rings. The van der Waals surface area contributed by atoms with Crippen LogP contribution in [0.5, 0.6) is 5.75 Å². The van der Waals surface area contributed by atoms with E-state index in [1.807, 2.05) is 0 Å². The van der Waals surface area contributed by atoms with Crippen molar-refractivity contribution in [1.82, 2.24) is 19.4 Å². The minimum Gasteiger partial charge on any atom is -0.406 e. The molecule has 2 aliphatic rings. The predicted octanol–water partition coefficient (Wildman–Crippen LogP) is 4.58. The number of aromatic nitrogens is 2. The van der Waals surface area contributed by atoms with Gasteiger partial charge in [-0.15, -0.1) is 13.2 Å². The molecule has 34 heavy (non-hydrogen) atoms. The lowest BCUT2D eigenvalue weighted by Gasteiger charge is -2.26. The molecular formula is C25H33F3N4O2. The Kier molecular flexibility index (Phi) is 7.21. The number of alkyl halides is 3. The van der Waals surface area contributed by atoms with E-state index in [1.54, 1.807) is 35.1 Å². The van der Waals surface area contributed by atoms with Gasteiger partial charge in [0.1, 0.15) is 11.4 Å². The largest absolute Gasteiger partial charge is 0.573 e. The molecule has 6 nitrogen and oxygen atoms in total. The van der Waals surface area contributed by atoms with Gasteiger partial charge in [0.25, 0.3) is 5.91 Å². The van der Waals surface area contributed by atoms with Crippen LogP contribution in [0.1, 0.15) is 42.7 Å². The summed E-state index contributed by atoms with van der Waals surface area (Å²) in [6.45, 7) is 8.54. The van der Waals surface area contributed by atoms with Crippen molar-refractivity contribution in [2.45, 2.75) is 39.6 Å². The van der Waals surface area contributed by atoms with Gasteiger partial charge >= 0.3 is 6.36 Å². The summed E-state index contributed by atoms with van der Waals surface area (Å²) >= 11 is 0. The zero-order chi connectivity index (χ0) is 24.5. The Hall–Kier alpha value is -2.55. The quantitative estimate of drug-likeness (QED) is 0.502. The molecule has 1 aromatic carbocycles. The maximum Gasteiger partial charge on any atom is 0.573 e. The number of hydrogen-bond acceptors (Lipinski definition) is 4. The highest BCUT2D eigenvalue weighted by Crippen LogP contribution is 2.52. The summed E-state index contributed by atoms with van der Waals surface area (Å²) in [5, 5.41) is 0. The summed E-state index contributed by atoms with van der Waals surface area (Å²) in [7, 11) is 1.80. The summed E-state index contributed by atoms with van der Waals surface area (Å²) in [5.41, 5.74) is 0.929. The lowest BCUT2D eigenvalue weighted by atomic mass is 10.1. The molecule has 1 aliphatic carbocycles. The maximum absolute atomic E-state index is 13.3. The average molecular weight is 479 g/mol. The van der Waals surface area contributed by atoms with Gasteiger partial charge in [-0.3, -0.25) is 4.79 Å². The van der Waals surface area contributed by atoms with Gasteiger partial charge in [-0.1, -0.05) is 32.4 Å². The van der Waals surface area contributed by atoms with Gasteiger partial charge in [0.05, 0.1) is 6.33 Å². The number of benzene rings is 1. The Morgan fingerprint density at radius 1 is 1.29 bits per heavy atom. The Morgan fingerprint density at radius 3 is 2.65 bits per heavy atom. The third kappa shape index (κ3) is 6.11. The highest BCUT2D eigenvalue weighted by molar-refractivity contribution is 5.92. The van der Waals surface area contributed by atoms with Crippen LogP contribution in [0.4, 0.5) is 13.2 Å². The Morgan fingerprint density at radius 2 is 2.03 bits per heavy atom. The van der Waals surface area contributed by atoms with Crippen molar-refractivity contribution < 1.29 is 22.7 Å². The first-order chi connectivity index (χ1) is 16.1. The molecule has 0 spiro atoms. The van der Waals surface area contributed by atoms with Crippen molar-refractivity contribution in [2.75, 3.05) is 26.2 Å². The van der Waals surface area contributed by atoms with Gasteiger partial charge < -0.3 is 19.1 Å². The second-order valence-electron chi connectivity index (χ2n) is 9.91. The van der Waals surface area contributed by atoms with Crippen LogP contribution in [0.3, 0.4) is 0 Å². The summed E-state index contributed by atoms with van der Waals surface area (Å²) in [6, 6.07) is 5.84. The van der Waals surface area contributed by atoms with Crippen LogP contribution in [0.2, 0.25) is 0 Å². The molecule has 1 saturated carbocycles. The van der Waals surface area contributed by atoms with Gasteiger partial charge in [0.2, 0.25) is 0 Å². The Labute approximate surface area is 198 Å². The van der Waals surface area contributed by atoms with Gasteiger partial charge in [0, 0.05) is 46.0 Å². The number of halogens is 3. The van der Waals surface area contributed by atoms with E-state index in [-0.39, 0.29) is 18.2 Å². The molecule has 0 radical (unpaired) electrons. The molecular weight excluding hydrogens is 445 g/mol. The second-order valence-corrected chi connectivity index (χ2v) is 9.91. The zero-order valence-corrected chi connectivity index (χ0v) is 20.0. The number of carbonyl (C=O) groups is 1. The van der Waals surface area contributed by atoms with E-state index in [9.17, 15) is 18.0 Å². The van der Waals surface area contributed by atoms with Crippen LogP contribution in [-0.4, -0.2) is 57.8 Å². The van der Waals surface area contributed by atoms with Gasteiger partial charge in [-0.05, 0) is 47.8 Å². The molecule has 1 aromatic heterocycles. The Balaban J connectivity index is 1.42. The van der Waals surface area contributed by atoms with Crippen LogP contribution in [0.15, 0.2) is 36.8 Å². The topological polar surface area (TPSA) is 50.6 Å². The van der Waals surface area contributed by atoms with E-state index in [1.165, 1.54) is 31.0 Å². The molecule has 186 valence electrons. The fourth-order valence-corrected chi connectivity index (χ4v) is 5.40. The number of ether oxygens (including phenoxy) is 1. The number of hydrogen-bond donors (Lipinski definition) is 0. The maximum atomic E-state index is 13.3. The summed E-state index contributed by atoms with van der Waals surface area (Å²) in [6.07, 6.45) is 0.921. The van der Waals surface area contributed by atoms with Crippen LogP contribution in [0.25, 0.3) is 0 Å². The molecule has 3 unspecified atom stereocenters. The van der Waals surface area contributed by atoms with Gasteiger partial charge in [0.15, 0.2) is 0 Å². The highest BCUT2D eigenvalue weighted by Gasteiger charge is 2.56. The number of aryl methyl sites for hydroxylation is 1. The zero-order valence-electron chi connectivity index (χ0n) is 20.0. The Bertz CT molecular complexity index is 981. The molecule has 2 fully saturated rings. The fourth-order valence-electron chi connectivity index (χ4n) is 5.40. The van der Waals surface area contributed by atoms with Crippen LogP contribution < -0.4 is 4.74 Å². The smallest absolute Gasteiger partial charge is 0.406 e. The number of fused-ring (bicyclic) bond motifs is 1. The normalized spacial score (nSPS) is 22.9. The van der Waals surface area contributed by atoms with E-state index >= 15 is 0 Å². The van der Waals surface area contributed by atoms with Crippen molar-refractivity contribution in [3.63, 3.8) is 0 Å². The van der Waals surface area contributed by atoms with Crippen molar-refractivity contribution >= 4 is 5.91 Å². The molecule has 0 bridgehead atoms. The number of amides is 1. The number of imidazole rings is 1. The molecule has 1 aliphatic heterocycles. The van der Waals surface area contributed by atoms with Crippen molar-refractivity contribution in [1.29, 1.82) is 0 Å². The first-order valence-corrected chi connectivity index (χ1v) is 12.0. The minimum atomic E-state index is -4.76. The number of rotatable bonds is 10. The van der Waals surface area contributed by atoms with Crippen molar-refractivity contribution in [2.24, 2.45) is 30.7 Å². The lowest BCUT2D eigenvalue weighted by molar-refractivity contribution is -0.274. The monoisotopic (exact) mass is 478 g/mol. The van der Waals surface area contributed by atoms with E-state index in [2.05, 4.69) is 28.5 Å². The van der Waals surface area contributed by atoms with E-state index in [0.717, 1.165) is 19.6 Å². The number of carbonyl (C=O) groups excluding carboxylic acids is 1. The third-order valence-electron chi connectivity index (χ3n) is 6.95. The van der Waals surface area contributed by atoms with Gasteiger partial charge in [-0.25, -0.2) is 4.98 Å². The first kappa shape index (κ1) is 24.6. The second kappa shape index (κ2) is 9.98. The highest BCUT2D eigenvalue weighted by atomic mass is 19.4. The standard InChI is InChI=1S/C25H33F3N4O2/c1-4-6-17(2)10-31-12-20-21(13-31)22(20)14-32(24(33)23-15-30(3)16-29-23)11-18-7-5-8-19(9-18)34-25(26,27)28/h5,7-9,15-17,20-22H,4,6,10-14H2,1-3H3. The molecule has 1 saturated heterocycles. The van der Waals surface area contributed by atoms with E-state index in [0.29, 0.717) is 41.5 Å². The van der Waals surface area contributed by atoms with Crippen LogP contribution in [0, 0.1) is 23.7 Å². The SMILES string of the molecule is CCCC(C)CN1CC2C(C1)C2CN(Cc1cccc(OC(F)(F)F)c1)C(=O)c1cn(C)cn1. The lowest BCUT2D eigenvalue weighted by Crippen LogP contribution is -2.36. The van der Waals surface area contributed by atoms with E-state index < -0.39 is 6.36 Å². The summed E-state index contributed by atoms with van der Waals surface area (Å²) in [4.78, 5) is 21.7. The summed E-state index contributed by atoms with van der Waals surface area (Å²) < 4.78 is 43.7. The molecule has 9 heteroatoms. The average Bonchev–Trinajstić information content (AvgIpc) is 3.07.